The molecular weight excluding hydrogens is 359 g/mol. The third kappa shape index (κ3) is 3.03. The second-order valence-corrected chi connectivity index (χ2v) is 6.44. The number of nitrogens with zero attached hydrogens (tertiary/aromatic N) is 2. The molecule has 2 amide bonds. The number of carbonyl (C=O) groups excluding carboxylic acids is 2. The van der Waals surface area contributed by atoms with Gasteiger partial charge in [-0.25, -0.2) is 0 Å². The van der Waals surface area contributed by atoms with Gasteiger partial charge in [-0.05, 0) is 31.2 Å². The maximum absolute atomic E-state index is 12.8. The summed E-state index contributed by atoms with van der Waals surface area (Å²) in [7, 11) is 1.47. The molecular formula is C19H16Cl2N2O2. The predicted molar refractivity (Wildman–Crippen MR) is 101 cm³/mol. The summed E-state index contributed by atoms with van der Waals surface area (Å²) >= 11 is 12.3. The number of imide groups is 1. The van der Waals surface area contributed by atoms with Crippen LogP contribution in [0.5, 0.6) is 0 Å². The largest absolute Gasteiger partial charge is 0.337 e. The SMILES string of the molecule is CCN(C1=C(c2ccc(Cl)cc2Cl)C(=O)N(C)C1=O)c1ccccc1. The molecule has 6 heteroatoms. The lowest BCUT2D eigenvalue weighted by Gasteiger charge is -2.24. The van der Waals surface area contributed by atoms with E-state index in [4.69, 9.17) is 23.2 Å². The average Bonchev–Trinajstić information content (AvgIpc) is 2.82. The lowest BCUT2D eigenvalue weighted by atomic mass is 10.0. The van der Waals surface area contributed by atoms with Crippen LogP contribution in [0.3, 0.4) is 0 Å². The molecule has 1 heterocycles. The van der Waals surface area contributed by atoms with E-state index in [0.717, 1.165) is 10.6 Å². The highest BCUT2D eigenvalue weighted by atomic mass is 35.5. The highest BCUT2D eigenvalue weighted by Gasteiger charge is 2.40. The first-order chi connectivity index (χ1) is 12.0. The minimum Gasteiger partial charge on any atom is -0.337 e. The van der Waals surface area contributed by atoms with Gasteiger partial charge in [0.15, 0.2) is 0 Å². The summed E-state index contributed by atoms with van der Waals surface area (Å²) in [4.78, 5) is 28.5. The van der Waals surface area contributed by atoms with Crippen molar-refractivity contribution in [1.82, 2.24) is 4.90 Å². The highest BCUT2D eigenvalue weighted by molar-refractivity contribution is 6.41. The molecule has 0 fully saturated rings. The fourth-order valence-electron chi connectivity index (χ4n) is 2.89. The fraction of sp³-hybridized carbons (Fsp3) is 0.158. The normalized spacial score (nSPS) is 14.5. The molecule has 25 heavy (non-hydrogen) atoms. The molecule has 4 nitrogen and oxygen atoms in total. The molecule has 1 aliphatic rings. The third-order valence-corrected chi connectivity index (χ3v) is 4.66. The Labute approximate surface area is 156 Å². The van der Waals surface area contributed by atoms with E-state index in [2.05, 4.69) is 0 Å². The second-order valence-electron chi connectivity index (χ2n) is 5.60. The van der Waals surface area contributed by atoms with Gasteiger partial charge < -0.3 is 4.90 Å². The van der Waals surface area contributed by atoms with Gasteiger partial charge in [-0.15, -0.1) is 0 Å². The molecule has 0 N–H and O–H groups in total. The molecule has 2 aromatic carbocycles. The summed E-state index contributed by atoms with van der Waals surface area (Å²) < 4.78 is 0. The van der Waals surface area contributed by atoms with Gasteiger partial charge in [0, 0.05) is 29.9 Å². The Bertz CT molecular complexity index is 878. The van der Waals surface area contributed by atoms with Crippen LogP contribution in [0.1, 0.15) is 12.5 Å². The molecule has 128 valence electrons. The van der Waals surface area contributed by atoms with Crippen molar-refractivity contribution in [3.05, 3.63) is 69.8 Å². The second kappa shape index (κ2) is 6.90. The molecule has 1 aliphatic heterocycles. The van der Waals surface area contributed by atoms with Crippen LogP contribution < -0.4 is 4.90 Å². The Morgan fingerprint density at radius 1 is 1.00 bits per heavy atom. The van der Waals surface area contributed by atoms with E-state index >= 15 is 0 Å². The highest BCUT2D eigenvalue weighted by Crippen LogP contribution is 2.37. The maximum atomic E-state index is 12.8. The summed E-state index contributed by atoms with van der Waals surface area (Å²) in [6.45, 7) is 2.46. The Balaban J connectivity index is 2.25. The van der Waals surface area contributed by atoms with Crippen molar-refractivity contribution in [2.75, 3.05) is 18.5 Å². The van der Waals surface area contributed by atoms with Crippen molar-refractivity contribution in [3.8, 4) is 0 Å². The zero-order valence-corrected chi connectivity index (χ0v) is 15.3. The number of hydrogen-bond donors (Lipinski definition) is 0. The number of anilines is 1. The maximum Gasteiger partial charge on any atom is 0.277 e. The average molecular weight is 375 g/mol. The Morgan fingerprint density at radius 3 is 2.28 bits per heavy atom. The lowest BCUT2D eigenvalue weighted by molar-refractivity contribution is -0.135. The molecule has 0 aromatic heterocycles. The van der Waals surface area contributed by atoms with Gasteiger partial charge in [-0.2, -0.15) is 0 Å². The molecule has 0 aliphatic carbocycles. The Kier molecular flexibility index (Phi) is 4.84. The molecule has 0 saturated heterocycles. The Morgan fingerprint density at radius 2 is 1.68 bits per heavy atom. The van der Waals surface area contributed by atoms with Crippen molar-refractivity contribution < 1.29 is 9.59 Å². The van der Waals surface area contributed by atoms with Crippen molar-refractivity contribution in [3.63, 3.8) is 0 Å². The number of likely N-dealkylation sites (N-methyl/N-ethyl adjacent to an activating group) is 2. The molecule has 0 bridgehead atoms. The van der Waals surface area contributed by atoms with E-state index in [9.17, 15) is 9.59 Å². The summed E-state index contributed by atoms with van der Waals surface area (Å²) in [5, 5.41) is 0.803. The smallest absolute Gasteiger partial charge is 0.277 e. The van der Waals surface area contributed by atoms with E-state index in [1.165, 1.54) is 7.05 Å². The summed E-state index contributed by atoms with van der Waals surface area (Å²) in [6.07, 6.45) is 0. The van der Waals surface area contributed by atoms with Crippen LogP contribution in [0.4, 0.5) is 5.69 Å². The zero-order valence-electron chi connectivity index (χ0n) is 13.8. The topological polar surface area (TPSA) is 40.6 Å². The van der Waals surface area contributed by atoms with Gasteiger partial charge in [-0.3, -0.25) is 14.5 Å². The van der Waals surface area contributed by atoms with Gasteiger partial charge in [0.1, 0.15) is 5.70 Å². The summed E-state index contributed by atoms with van der Waals surface area (Å²) in [5.74, 6) is -0.727. The van der Waals surface area contributed by atoms with Crippen molar-refractivity contribution in [2.45, 2.75) is 6.92 Å². The molecule has 0 spiro atoms. The van der Waals surface area contributed by atoms with Crippen molar-refractivity contribution in [2.24, 2.45) is 0 Å². The van der Waals surface area contributed by atoms with E-state index in [1.54, 1.807) is 18.2 Å². The summed E-state index contributed by atoms with van der Waals surface area (Å²) in [5.41, 5.74) is 1.95. The molecule has 2 aromatic rings. The molecule has 0 radical (unpaired) electrons. The fourth-order valence-corrected chi connectivity index (χ4v) is 3.39. The first-order valence-corrected chi connectivity index (χ1v) is 8.56. The molecule has 0 unspecified atom stereocenters. The number of para-hydroxylation sites is 1. The van der Waals surface area contributed by atoms with Crippen molar-refractivity contribution >= 4 is 46.3 Å². The van der Waals surface area contributed by atoms with Crippen LogP contribution in [0, 0.1) is 0 Å². The number of benzene rings is 2. The van der Waals surface area contributed by atoms with Crippen LogP contribution in [-0.4, -0.2) is 30.3 Å². The zero-order chi connectivity index (χ0) is 18.1. The standard InChI is InChI=1S/C19H16Cl2N2O2/c1-3-23(13-7-5-4-6-8-13)17-16(18(24)22(2)19(17)25)14-10-9-12(20)11-15(14)21/h4-11H,3H2,1-2H3. The third-order valence-electron chi connectivity index (χ3n) is 4.12. The Hall–Kier alpha value is -2.30. The monoisotopic (exact) mass is 374 g/mol. The van der Waals surface area contributed by atoms with E-state index < -0.39 is 0 Å². The van der Waals surface area contributed by atoms with Gasteiger partial charge in [0.25, 0.3) is 11.8 Å². The van der Waals surface area contributed by atoms with Crippen LogP contribution >= 0.6 is 23.2 Å². The van der Waals surface area contributed by atoms with Crippen molar-refractivity contribution in [1.29, 1.82) is 0 Å². The van der Waals surface area contributed by atoms with Gasteiger partial charge in [-0.1, -0.05) is 47.5 Å². The first-order valence-electron chi connectivity index (χ1n) is 7.80. The predicted octanol–water partition coefficient (Wildman–Crippen LogP) is 4.23. The quantitative estimate of drug-likeness (QED) is 0.751. The van der Waals surface area contributed by atoms with E-state index in [1.807, 2.05) is 42.2 Å². The van der Waals surface area contributed by atoms with Gasteiger partial charge in [0.05, 0.1) is 10.6 Å². The molecule has 0 atom stereocenters. The summed E-state index contributed by atoms with van der Waals surface area (Å²) in [6, 6.07) is 14.4. The number of carbonyl (C=O) groups is 2. The van der Waals surface area contributed by atoms with Crippen LogP contribution in [0.25, 0.3) is 5.57 Å². The van der Waals surface area contributed by atoms with Crippen LogP contribution in [0.15, 0.2) is 54.2 Å². The van der Waals surface area contributed by atoms with E-state index in [-0.39, 0.29) is 11.8 Å². The molecule has 3 rings (SSSR count). The van der Waals surface area contributed by atoms with Gasteiger partial charge in [0.2, 0.25) is 0 Å². The van der Waals surface area contributed by atoms with E-state index in [0.29, 0.717) is 33.4 Å². The minimum atomic E-state index is -0.376. The number of halogens is 2. The van der Waals surface area contributed by atoms with Gasteiger partial charge >= 0.3 is 0 Å². The van der Waals surface area contributed by atoms with Crippen LogP contribution in [0.2, 0.25) is 10.0 Å². The first kappa shape index (κ1) is 17.5. The lowest BCUT2D eigenvalue weighted by Crippen LogP contribution is -2.32. The number of hydrogen-bond acceptors (Lipinski definition) is 3. The number of rotatable bonds is 4. The molecule has 0 saturated carbocycles. The number of amides is 2. The van der Waals surface area contributed by atoms with Crippen LogP contribution in [-0.2, 0) is 9.59 Å². The minimum absolute atomic E-state index is 0.292.